The van der Waals surface area contributed by atoms with Gasteiger partial charge in [-0.15, -0.1) is 0 Å². The van der Waals surface area contributed by atoms with E-state index in [4.69, 9.17) is 4.74 Å². The highest BCUT2D eigenvalue weighted by Gasteiger charge is 2.18. The Balaban J connectivity index is 1.37. The quantitative estimate of drug-likeness (QED) is 0.516. The van der Waals surface area contributed by atoms with Crippen molar-refractivity contribution in [3.05, 3.63) is 70.3 Å². The first kappa shape index (κ1) is 19.3. The molecule has 4 rings (SSSR count). The van der Waals surface area contributed by atoms with E-state index >= 15 is 0 Å². The number of aliphatic imine (C=N–C) groups is 1. The summed E-state index contributed by atoms with van der Waals surface area (Å²) in [6, 6.07) is 13.2. The van der Waals surface area contributed by atoms with Gasteiger partial charge in [-0.3, -0.25) is 9.79 Å². The molecule has 144 valence electrons. The van der Waals surface area contributed by atoms with Gasteiger partial charge < -0.3 is 4.74 Å². The van der Waals surface area contributed by atoms with E-state index in [1.54, 1.807) is 29.6 Å². The summed E-state index contributed by atoms with van der Waals surface area (Å²) < 4.78 is 6.41. The Hall–Kier alpha value is -2.05. The predicted octanol–water partition coefficient (Wildman–Crippen LogP) is 4.55. The van der Waals surface area contributed by atoms with Gasteiger partial charge in [-0.05, 0) is 48.1 Å². The maximum absolute atomic E-state index is 12.6. The molecule has 0 aromatic heterocycles. The number of carbonyl (C=O) groups excluding carboxylic acids is 2. The van der Waals surface area contributed by atoms with Crippen molar-refractivity contribution >= 4 is 39.7 Å². The fraction of sp³-hybridized carbons (Fsp3) is 0.318. The number of ketones is 1. The van der Waals surface area contributed by atoms with Crippen molar-refractivity contribution < 1.29 is 14.3 Å². The van der Waals surface area contributed by atoms with E-state index in [0.717, 1.165) is 41.5 Å². The Labute approximate surface area is 173 Å². The summed E-state index contributed by atoms with van der Waals surface area (Å²) >= 11 is 3.39. The zero-order valence-corrected chi connectivity index (χ0v) is 17.1. The van der Waals surface area contributed by atoms with Gasteiger partial charge in [-0.2, -0.15) is 0 Å². The summed E-state index contributed by atoms with van der Waals surface area (Å²) in [5.74, 6) is 1.07. The van der Waals surface area contributed by atoms with Crippen LogP contribution in [-0.2, 0) is 23.3 Å². The third kappa shape index (κ3) is 4.50. The maximum atomic E-state index is 12.6. The first-order chi connectivity index (χ1) is 13.7. The molecule has 0 fully saturated rings. The lowest BCUT2D eigenvalue weighted by atomic mass is 10.0. The van der Waals surface area contributed by atoms with Crippen molar-refractivity contribution in [3.63, 3.8) is 0 Å². The molecule has 2 aromatic rings. The lowest BCUT2D eigenvalue weighted by Crippen LogP contribution is -2.15. The molecule has 2 aromatic carbocycles. The largest absolute Gasteiger partial charge is 0.454 e. The molecule has 0 amide bonds. The van der Waals surface area contributed by atoms with Gasteiger partial charge in [0.1, 0.15) is 4.38 Å². The van der Waals surface area contributed by atoms with Gasteiger partial charge in [0.2, 0.25) is 0 Å². The summed E-state index contributed by atoms with van der Waals surface area (Å²) in [6.45, 7) is 0.628. The molecule has 0 saturated heterocycles. The van der Waals surface area contributed by atoms with E-state index in [0.29, 0.717) is 16.9 Å². The number of thioether (sulfide) groups is 2. The Morgan fingerprint density at radius 1 is 1.11 bits per heavy atom. The fourth-order valence-electron chi connectivity index (χ4n) is 3.43. The standard InChI is InChI=1S/C22H21NO3S2/c24-20(17-9-8-15-5-3-6-16(15)12-17)13-26-21(25)19-7-2-1-4-18(19)14-28-22-23-10-11-27-22/h1-2,4,7-9,12H,3,5-6,10-11,13-14H2. The van der Waals surface area contributed by atoms with E-state index in [1.165, 1.54) is 11.1 Å². The number of esters is 1. The molecule has 2 aliphatic rings. The molecule has 1 aliphatic carbocycles. The lowest BCUT2D eigenvalue weighted by Gasteiger charge is -2.10. The van der Waals surface area contributed by atoms with Crippen molar-refractivity contribution in [3.8, 4) is 0 Å². The van der Waals surface area contributed by atoms with Gasteiger partial charge in [-0.1, -0.05) is 53.9 Å². The van der Waals surface area contributed by atoms with Crippen molar-refractivity contribution in [1.82, 2.24) is 0 Å². The maximum Gasteiger partial charge on any atom is 0.338 e. The van der Waals surface area contributed by atoms with Crippen LogP contribution in [0.4, 0.5) is 0 Å². The summed E-state index contributed by atoms with van der Waals surface area (Å²) in [6.07, 6.45) is 3.24. The van der Waals surface area contributed by atoms with Crippen LogP contribution in [-0.4, -0.2) is 35.0 Å². The number of nitrogens with zero attached hydrogens (tertiary/aromatic N) is 1. The normalized spacial score (nSPS) is 15.2. The minimum absolute atomic E-state index is 0.161. The Kier molecular flexibility index (Phi) is 6.17. The molecule has 0 radical (unpaired) electrons. The number of ether oxygens (including phenoxy) is 1. The topological polar surface area (TPSA) is 55.7 Å². The number of benzene rings is 2. The predicted molar refractivity (Wildman–Crippen MR) is 116 cm³/mol. The van der Waals surface area contributed by atoms with Crippen LogP contribution in [0.5, 0.6) is 0 Å². The van der Waals surface area contributed by atoms with E-state index in [1.807, 2.05) is 36.4 Å². The van der Waals surface area contributed by atoms with Crippen molar-refractivity contribution in [2.45, 2.75) is 25.0 Å². The summed E-state index contributed by atoms with van der Waals surface area (Å²) in [5.41, 5.74) is 4.60. The molecule has 1 aliphatic heterocycles. The summed E-state index contributed by atoms with van der Waals surface area (Å²) in [4.78, 5) is 29.5. The lowest BCUT2D eigenvalue weighted by molar-refractivity contribution is 0.0474. The van der Waals surface area contributed by atoms with Crippen molar-refractivity contribution in [2.75, 3.05) is 18.9 Å². The van der Waals surface area contributed by atoms with Gasteiger partial charge in [0.05, 0.1) is 12.1 Å². The second kappa shape index (κ2) is 8.97. The van der Waals surface area contributed by atoms with Gasteiger partial charge in [0.25, 0.3) is 0 Å². The zero-order valence-electron chi connectivity index (χ0n) is 15.5. The molecule has 6 heteroatoms. The van der Waals surface area contributed by atoms with Crippen LogP contribution in [0.15, 0.2) is 47.5 Å². The number of hydrogen-bond donors (Lipinski definition) is 0. The first-order valence-electron chi connectivity index (χ1n) is 9.41. The Morgan fingerprint density at radius 3 is 2.82 bits per heavy atom. The molecule has 4 nitrogen and oxygen atoms in total. The third-order valence-electron chi connectivity index (χ3n) is 4.90. The van der Waals surface area contributed by atoms with Gasteiger partial charge >= 0.3 is 5.97 Å². The number of Topliss-reactive ketones (excluding diaryl/α,β-unsaturated/α-hetero) is 1. The first-order valence-corrected chi connectivity index (χ1v) is 11.4. The van der Waals surface area contributed by atoms with Crippen LogP contribution in [0.3, 0.4) is 0 Å². The third-order valence-corrected chi connectivity index (χ3v) is 7.20. The average Bonchev–Trinajstić information content (AvgIpc) is 3.41. The van der Waals surface area contributed by atoms with E-state index < -0.39 is 5.97 Å². The zero-order chi connectivity index (χ0) is 19.3. The number of rotatable bonds is 6. The molecule has 1 heterocycles. The monoisotopic (exact) mass is 411 g/mol. The van der Waals surface area contributed by atoms with Gasteiger partial charge in [0.15, 0.2) is 12.4 Å². The number of carbonyl (C=O) groups is 2. The smallest absolute Gasteiger partial charge is 0.338 e. The van der Waals surface area contributed by atoms with Crippen LogP contribution in [0.1, 0.15) is 43.8 Å². The van der Waals surface area contributed by atoms with E-state index in [2.05, 4.69) is 4.99 Å². The van der Waals surface area contributed by atoms with Crippen LogP contribution in [0, 0.1) is 0 Å². The van der Waals surface area contributed by atoms with E-state index in [9.17, 15) is 9.59 Å². The Morgan fingerprint density at radius 2 is 1.96 bits per heavy atom. The molecular formula is C22H21NO3S2. The summed E-state index contributed by atoms with van der Waals surface area (Å²) in [5, 5.41) is 0. The SMILES string of the molecule is O=C(COC(=O)c1ccccc1CSC1=NCCS1)c1ccc2c(c1)CCC2. The van der Waals surface area contributed by atoms with Crippen LogP contribution in [0.25, 0.3) is 0 Å². The molecule has 0 spiro atoms. The fourth-order valence-corrected chi connectivity index (χ4v) is 5.44. The summed E-state index contributed by atoms with van der Waals surface area (Å²) in [7, 11) is 0. The van der Waals surface area contributed by atoms with Gasteiger partial charge in [0, 0.05) is 17.1 Å². The molecule has 0 saturated carbocycles. The van der Waals surface area contributed by atoms with Crippen molar-refractivity contribution in [2.24, 2.45) is 4.99 Å². The molecule has 0 atom stereocenters. The highest BCUT2D eigenvalue weighted by molar-refractivity contribution is 8.38. The number of fused-ring (bicyclic) bond motifs is 1. The van der Waals surface area contributed by atoms with Crippen LogP contribution < -0.4 is 0 Å². The Bertz CT molecular complexity index is 939. The highest BCUT2D eigenvalue weighted by atomic mass is 32.2. The van der Waals surface area contributed by atoms with Crippen LogP contribution in [0.2, 0.25) is 0 Å². The minimum Gasteiger partial charge on any atom is -0.454 e. The number of hydrogen-bond acceptors (Lipinski definition) is 6. The second-order valence-electron chi connectivity index (χ2n) is 6.78. The molecule has 0 unspecified atom stereocenters. The molecule has 0 N–H and O–H groups in total. The average molecular weight is 412 g/mol. The molecular weight excluding hydrogens is 390 g/mol. The van der Waals surface area contributed by atoms with Gasteiger partial charge in [-0.25, -0.2) is 4.79 Å². The highest BCUT2D eigenvalue weighted by Crippen LogP contribution is 2.27. The molecule has 0 bridgehead atoms. The minimum atomic E-state index is -0.452. The molecule has 28 heavy (non-hydrogen) atoms. The van der Waals surface area contributed by atoms with E-state index in [-0.39, 0.29) is 12.4 Å². The van der Waals surface area contributed by atoms with Crippen LogP contribution >= 0.6 is 23.5 Å². The number of aryl methyl sites for hydroxylation is 2. The van der Waals surface area contributed by atoms with Crippen molar-refractivity contribution in [1.29, 1.82) is 0 Å². The second-order valence-corrected chi connectivity index (χ2v) is 9.08.